The van der Waals surface area contributed by atoms with Crippen molar-refractivity contribution in [1.82, 2.24) is 10.3 Å². The molecule has 0 aliphatic carbocycles. The maximum absolute atomic E-state index is 12.1. The number of hydrogen-bond acceptors (Lipinski definition) is 5. The standard InChI is InChI=1S/C20H22N2O4/c1-14-5-2-3-7-17(14)26-19-16(6-4-11-21-19)13-22-18(23)9-8-15-10-12-25-20(15)24/h2-7,11,15H,8-10,12-13H2,1H3,(H,22,23)/t15-/m1/s1. The molecule has 6 heteroatoms. The summed E-state index contributed by atoms with van der Waals surface area (Å²) >= 11 is 0. The lowest BCUT2D eigenvalue weighted by Crippen LogP contribution is -2.24. The van der Waals surface area contributed by atoms with E-state index in [1.807, 2.05) is 37.3 Å². The monoisotopic (exact) mass is 354 g/mol. The quantitative estimate of drug-likeness (QED) is 0.773. The van der Waals surface area contributed by atoms with Crippen molar-refractivity contribution in [1.29, 1.82) is 0 Å². The van der Waals surface area contributed by atoms with Crippen LogP contribution in [0, 0.1) is 12.8 Å². The van der Waals surface area contributed by atoms with E-state index in [1.54, 1.807) is 12.3 Å². The van der Waals surface area contributed by atoms with E-state index in [0.717, 1.165) is 16.9 Å². The van der Waals surface area contributed by atoms with Crippen LogP contribution in [0.1, 0.15) is 30.4 Å². The van der Waals surface area contributed by atoms with Crippen molar-refractivity contribution in [3.63, 3.8) is 0 Å². The number of para-hydroxylation sites is 1. The van der Waals surface area contributed by atoms with E-state index >= 15 is 0 Å². The van der Waals surface area contributed by atoms with E-state index in [1.165, 1.54) is 0 Å². The molecule has 6 nitrogen and oxygen atoms in total. The molecule has 3 rings (SSSR count). The van der Waals surface area contributed by atoms with Crippen LogP contribution in [0.3, 0.4) is 0 Å². The Hall–Kier alpha value is -2.89. The number of nitrogens with zero attached hydrogens (tertiary/aromatic N) is 1. The lowest BCUT2D eigenvalue weighted by Gasteiger charge is -2.12. The number of aryl methyl sites for hydroxylation is 1. The van der Waals surface area contributed by atoms with Gasteiger partial charge >= 0.3 is 5.97 Å². The number of carbonyl (C=O) groups is 2. The van der Waals surface area contributed by atoms with E-state index < -0.39 is 0 Å². The highest BCUT2D eigenvalue weighted by molar-refractivity contribution is 5.78. The van der Waals surface area contributed by atoms with Gasteiger partial charge in [0.25, 0.3) is 0 Å². The van der Waals surface area contributed by atoms with E-state index in [-0.39, 0.29) is 17.8 Å². The summed E-state index contributed by atoms with van der Waals surface area (Å²) < 4.78 is 10.8. The molecule has 1 fully saturated rings. The SMILES string of the molecule is Cc1ccccc1Oc1ncccc1CNC(=O)CC[C@@H]1CCOC1=O. The van der Waals surface area contributed by atoms with Crippen molar-refractivity contribution in [3.8, 4) is 11.6 Å². The third kappa shape index (κ3) is 4.59. The number of pyridine rings is 1. The molecule has 0 saturated carbocycles. The zero-order valence-corrected chi connectivity index (χ0v) is 14.7. The number of esters is 1. The molecule has 1 aliphatic heterocycles. The Morgan fingerprint density at radius 2 is 2.15 bits per heavy atom. The van der Waals surface area contributed by atoms with Crippen molar-refractivity contribution < 1.29 is 19.1 Å². The summed E-state index contributed by atoms with van der Waals surface area (Å²) in [4.78, 5) is 27.8. The van der Waals surface area contributed by atoms with Gasteiger partial charge in [-0.2, -0.15) is 0 Å². The van der Waals surface area contributed by atoms with Crippen molar-refractivity contribution in [2.24, 2.45) is 5.92 Å². The van der Waals surface area contributed by atoms with Crippen LogP contribution >= 0.6 is 0 Å². The summed E-state index contributed by atoms with van der Waals surface area (Å²) in [6.07, 6.45) is 3.17. The van der Waals surface area contributed by atoms with Gasteiger partial charge in [-0.15, -0.1) is 0 Å². The molecule has 1 aromatic carbocycles. The van der Waals surface area contributed by atoms with Gasteiger partial charge in [-0.05, 0) is 37.5 Å². The van der Waals surface area contributed by atoms with Crippen LogP contribution in [-0.2, 0) is 20.9 Å². The molecule has 1 amide bonds. The van der Waals surface area contributed by atoms with Crippen LogP contribution < -0.4 is 10.1 Å². The summed E-state index contributed by atoms with van der Waals surface area (Å²) in [5.74, 6) is 0.758. The van der Waals surface area contributed by atoms with Crippen LogP contribution in [0.15, 0.2) is 42.6 Å². The molecule has 1 atom stereocenters. The molecular weight excluding hydrogens is 332 g/mol. The highest BCUT2D eigenvalue weighted by atomic mass is 16.5. The first-order valence-electron chi connectivity index (χ1n) is 8.74. The van der Waals surface area contributed by atoms with Crippen LogP contribution in [0.25, 0.3) is 0 Å². The fourth-order valence-electron chi connectivity index (χ4n) is 2.81. The Balaban J connectivity index is 1.55. The van der Waals surface area contributed by atoms with E-state index in [4.69, 9.17) is 9.47 Å². The van der Waals surface area contributed by atoms with E-state index in [2.05, 4.69) is 10.3 Å². The number of ether oxygens (including phenoxy) is 2. The van der Waals surface area contributed by atoms with Gasteiger partial charge < -0.3 is 14.8 Å². The number of nitrogens with one attached hydrogen (secondary N) is 1. The zero-order valence-electron chi connectivity index (χ0n) is 14.7. The molecule has 0 radical (unpaired) electrons. The van der Waals surface area contributed by atoms with Crippen molar-refractivity contribution in [2.75, 3.05) is 6.61 Å². The van der Waals surface area contributed by atoms with Gasteiger partial charge in [-0.3, -0.25) is 9.59 Å². The third-order valence-electron chi connectivity index (χ3n) is 4.39. The normalized spacial score (nSPS) is 16.2. The summed E-state index contributed by atoms with van der Waals surface area (Å²) in [5.41, 5.74) is 1.81. The number of rotatable bonds is 7. The second kappa shape index (κ2) is 8.47. The molecule has 0 bridgehead atoms. The zero-order chi connectivity index (χ0) is 18.4. The maximum Gasteiger partial charge on any atom is 0.309 e. The largest absolute Gasteiger partial charge is 0.465 e. The second-order valence-electron chi connectivity index (χ2n) is 6.30. The molecule has 1 aliphatic rings. The van der Waals surface area contributed by atoms with Crippen molar-refractivity contribution in [3.05, 3.63) is 53.7 Å². The summed E-state index contributed by atoms with van der Waals surface area (Å²) in [5, 5.41) is 2.87. The van der Waals surface area contributed by atoms with E-state index in [9.17, 15) is 9.59 Å². The minimum atomic E-state index is -0.195. The summed E-state index contributed by atoms with van der Waals surface area (Å²) in [7, 11) is 0. The number of aromatic nitrogens is 1. The predicted octanol–water partition coefficient (Wildman–Crippen LogP) is 3.14. The van der Waals surface area contributed by atoms with Gasteiger partial charge in [0.05, 0.1) is 12.5 Å². The summed E-state index contributed by atoms with van der Waals surface area (Å²) in [6.45, 7) is 2.75. The molecule has 0 spiro atoms. The summed E-state index contributed by atoms with van der Waals surface area (Å²) in [6, 6.07) is 11.4. The van der Waals surface area contributed by atoms with Gasteiger partial charge in [0, 0.05) is 24.7 Å². The Morgan fingerprint density at radius 1 is 1.31 bits per heavy atom. The first kappa shape index (κ1) is 17.9. The minimum absolute atomic E-state index is 0.101. The number of cyclic esters (lactones) is 1. The van der Waals surface area contributed by atoms with Crippen molar-refractivity contribution >= 4 is 11.9 Å². The van der Waals surface area contributed by atoms with Gasteiger partial charge in [-0.25, -0.2) is 4.98 Å². The second-order valence-corrected chi connectivity index (χ2v) is 6.30. The lowest BCUT2D eigenvalue weighted by molar-refractivity contribution is -0.141. The number of amides is 1. The van der Waals surface area contributed by atoms with Crippen LogP contribution in [0.5, 0.6) is 11.6 Å². The fraction of sp³-hybridized carbons (Fsp3) is 0.350. The molecule has 26 heavy (non-hydrogen) atoms. The topological polar surface area (TPSA) is 77.5 Å². The molecule has 2 aromatic rings. The Kier molecular flexibility index (Phi) is 5.84. The van der Waals surface area contributed by atoms with Crippen molar-refractivity contribution in [2.45, 2.75) is 32.7 Å². The Morgan fingerprint density at radius 3 is 2.92 bits per heavy atom. The highest BCUT2D eigenvalue weighted by Gasteiger charge is 2.26. The fourth-order valence-corrected chi connectivity index (χ4v) is 2.81. The third-order valence-corrected chi connectivity index (χ3v) is 4.39. The van der Waals surface area contributed by atoms with Gasteiger partial charge in [0.1, 0.15) is 5.75 Å². The Bertz CT molecular complexity index is 791. The number of benzene rings is 1. The predicted molar refractivity (Wildman–Crippen MR) is 95.6 cm³/mol. The highest BCUT2D eigenvalue weighted by Crippen LogP contribution is 2.25. The first-order valence-corrected chi connectivity index (χ1v) is 8.74. The number of carbonyl (C=O) groups excluding carboxylic acids is 2. The molecule has 136 valence electrons. The average Bonchev–Trinajstić information content (AvgIpc) is 3.06. The Labute approximate surface area is 152 Å². The van der Waals surface area contributed by atoms with Gasteiger partial charge in [-0.1, -0.05) is 24.3 Å². The minimum Gasteiger partial charge on any atom is -0.465 e. The molecule has 0 unspecified atom stereocenters. The lowest BCUT2D eigenvalue weighted by atomic mass is 10.0. The smallest absolute Gasteiger partial charge is 0.309 e. The van der Waals surface area contributed by atoms with Gasteiger partial charge in [0.15, 0.2) is 0 Å². The van der Waals surface area contributed by atoms with Gasteiger partial charge in [0.2, 0.25) is 11.8 Å². The average molecular weight is 354 g/mol. The molecule has 1 saturated heterocycles. The number of hydrogen-bond donors (Lipinski definition) is 1. The molecule has 1 aromatic heterocycles. The molecule has 1 N–H and O–H groups in total. The van der Waals surface area contributed by atoms with Crippen LogP contribution in [0.4, 0.5) is 0 Å². The van der Waals surface area contributed by atoms with Crippen LogP contribution in [-0.4, -0.2) is 23.5 Å². The van der Waals surface area contributed by atoms with Crippen LogP contribution in [0.2, 0.25) is 0 Å². The maximum atomic E-state index is 12.1. The molecular formula is C20H22N2O4. The molecule has 2 heterocycles. The van der Waals surface area contributed by atoms with E-state index in [0.29, 0.717) is 38.3 Å². The first-order chi connectivity index (χ1) is 12.6.